The molecule has 0 saturated carbocycles. The van der Waals surface area contributed by atoms with Crippen LogP contribution < -0.4 is 5.32 Å². The van der Waals surface area contributed by atoms with E-state index in [1.807, 2.05) is 0 Å². The van der Waals surface area contributed by atoms with Crippen molar-refractivity contribution in [3.8, 4) is 0 Å². The molecule has 1 rings (SSSR count). The van der Waals surface area contributed by atoms with Gasteiger partial charge in [-0.15, -0.1) is 0 Å². The van der Waals surface area contributed by atoms with Gasteiger partial charge in [0.1, 0.15) is 0 Å². The first-order chi connectivity index (χ1) is 9.65. The summed E-state index contributed by atoms with van der Waals surface area (Å²) in [6.45, 7) is 10.0. The Labute approximate surface area is 125 Å². The minimum Gasteiger partial charge on any atom is -0.314 e. The smallest absolute Gasteiger partial charge is 0.0624 e. The summed E-state index contributed by atoms with van der Waals surface area (Å²) in [4.78, 5) is 0. The van der Waals surface area contributed by atoms with Crippen LogP contribution in [-0.4, -0.2) is 22.4 Å². The van der Waals surface area contributed by atoms with Crippen molar-refractivity contribution in [2.24, 2.45) is 13.0 Å². The summed E-state index contributed by atoms with van der Waals surface area (Å²) < 4.78 is 2.07. The van der Waals surface area contributed by atoms with E-state index in [0.29, 0.717) is 6.04 Å². The molecule has 0 spiro atoms. The van der Waals surface area contributed by atoms with Crippen LogP contribution >= 0.6 is 0 Å². The maximum atomic E-state index is 4.58. The summed E-state index contributed by atoms with van der Waals surface area (Å²) in [6.07, 6.45) is 7.32. The van der Waals surface area contributed by atoms with Crippen LogP contribution in [-0.2, 0) is 19.9 Å². The highest BCUT2D eigenvalue weighted by Crippen LogP contribution is 2.21. The summed E-state index contributed by atoms with van der Waals surface area (Å²) in [5.41, 5.74) is 2.57. The van der Waals surface area contributed by atoms with Gasteiger partial charge in [-0.1, -0.05) is 40.5 Å². The molecule has 0 radical (unpaired) electrons. The van der Waals surface area contributed by atoms with Crippen molar-refractivity contribution in [3.05, 3.63) is 17.5 Å². The predicted octanol–water partition coefficient (Wildman–Crippen LogP) is 3.72. The average molecular weight is 279 g/mol. The van der Waals surface area contributed by atoms with E-state index in [-0.39, 0.29) is 0 Å². The minimum absolute atomic E-state index is 0.583. The summed E-state index contributed by atoms with van der Waals surface area (Å²) in [6, 6.07) is 2.86. The largest absolute Gasteiger partial charge is 0.314 e. The number of aromatic nitrogens is 2. The predicted molar refractivity (Wildman–Crippen MR) is 87.1 cm³/mol. The normalized spacial score (nSPS) is 13.1. The van der Waals surface area contributed by atoms with Gasteiger partial charge in [0.25, 0.3) is 0 Å². The maximum absolute atomic E-state index is 4.58. The van der Waals surface area contributed by atoms with E-state index in [2.05, 4.69) is 55.9 Å². The van der Waals surface area contributed by atoms with E-state index in [9.17, 15) is 0 Å². The van der Waals surface area contributed by atoms with E-state index in [0.717, 1.165) is 25.3 Å². The highest BCUT2D eigenvalue weighted by atomic mass is 15.3. The van der Waals surface area contributed by atoms with Gasteiger partial charge >= 0.3 is 0 Å². The van der Waals surface area contributed by atoms with E-state index >= 15 is 0 Å². The van der Waals surface area contributed by atoms with E-state index in [1.54, 1.807) is 0 Å². The van der Waals surface area contributed by atoms with Crippen LogP contribution in [0.15, 0.2) is 6.07 Å². The molecule has 0 fully saturated rings. The Morgan fingerprint density at radius 1 is 1.15 bits per heavy atom. The number of nitrogens with one attached hydrogen (secondary N) is 1. The zero-order valence-electron chi connectivity index (χ0n) is 14.1. The molecule has 0 bridgehead atoms. The summed E-state index contributed by atoms with van der Waals surface area (Å²) in [7, 11) is 2.08. The number of hydrogen-bond acceptors (Lipinski definition) is 2. The van der Waals surface area contributed by atoms with Gasteiger partial charge in [-0.25, -0.2) is 0 Å². The summed E-state index contributed by atoms with van der Waals surface area (Å²) in [5, 5.41) is 8.30. The Morgan fingerprint density at radius 3 is 2.25 bits per heavy atom. The lowest BCUT2D eigenvalue weighted by atomic mass is 9.87. The molecule has 20 heavy (non-hydrogen) atoms. The van der Waals surface area contributed by atoms with Crippen LogP contribution in [0, 0.1) is 5.92 Å². The molecule has 1 atom stereocenters. The Kier molecular flexibility index (Phi) is 7.90. The molecule has 0 amide bonds. The summed E-state index contributed by atoms with van der Waals surface area (Å²) >= 11 is 0. The molecule has 1 aromatic heterocycles. The number of hydrogen-bond donors (Lipinski definition) is 1. The van der Waals surface area contributed by atoms with E-state index < -0.39 is 0 Å². The van der Waals surface area contributed by atoms with Crippen LogP contribution in [0.1, 0.15) is 64.8 Å². The highest BCUT2D eigenvalue weighted by Gasteiger charge is 2.21. The SMILES string of the molecule is CCCC(CCC)C(Cc1cc(CC)nn1C)NCC. The number of rotatable bonds is 10. The third-order valence-electron chi connectivity index (χ3n) is 4.17. The van der Waals surface area contributed by atoms with Gasteiger partial charge in [0.05, 0.1) is 5.69 Å². The second-order valence-electron chi connectivity index (χ2n) is 5.81. The van der Waals surface area contributed by atoms with Crippen LogP contribution in [0.4, 0.5) is 0 Å². The molecule has 3 heteroatoms. The number of nitrogens with zero attached hydrogens (tertiary/aromatic N) is 2. The van der Waals surface area contributed by atoms with Gasteiger partial charge in [0.15, 0.2) is 0 Å². The lowest BCUT2D eigenvalue weighted by Gasteiger charge is -2.27. The fourth-order valence-corrected chi connectivity index (χ4v) is 3.12. The maximum Gasteiger partial charge on any atom is 0.0624 e. The molecule has 1 N–H and O–H groups in total. The molecule has 116 valence electrons. The molecule has 0 aromatic carbocycles. The molecule has 1 heterocycles. The number of aryl methyl sites for hydroxylation is 2. The monoisotopic (exact) mass is 279 g/mol. The molecule has 0 saturated heterocycles. The van der Waals surface area contributed by atoms with Gasteiger partial charge < -0.3 is 5.32 Å². The Morgan fingerprint density at radius 2 is 1.80 bits per heavy atom. The summed E-state index contributed by atoms with van der Waals surface area (Å²) in [5.74, 6) is 0.782. The first-order valence-electron chi connectivity index (χ1n) is 8.41. The van der Waals surface area contributed by atoms with Crippen molar-refractivity contribution in [2.45, 2.75) is 72.3 Å². The van der Waals surface area contributed by atoms with Crippen LogP contribution in [0.3, 0.4) is 0 Å². The Hall–Kier alpha value is -0.830. The lowest BCUT2D eigenvalue weighted by Crippen LogP contribution is -2.38. The molecule has 0 aliphatic rings. The molecule has 0 aliphatic heterocycles. The van der Waals surface area contributed by atoms with Crippen LogP contribution in [0.25, 0.3) is 0 Å². The second kappa shape index (κ2) is 9.17. The van der Waals surface area contributed by atoms with Crippen molar-refractivity contribution in [3.63, 3.8) is 0 Å². The fourth-order valence-electron chi connectivity index (χ4n) is 3.12. The second-order valence-corrected chi connectivity index (χ2v) is 5.81. The highest BCUT2D eigenvalue weighted by molar-refractivity contribution is 5.12. The van der Waals surface area contributed by atoms with Crippen molar-refractivity contribution in [2.75, 3.05) is 6.54 Å². The van der Waals surface area contributed by atoms with E-state index in [4.69, 9.17) is 0 Å². The fraction of sp³-hybridized carbons (Fsp3) is 0.824. The Balaban J connectivity index is 2.80. The van der Waals surface area contributed by atoms with Gasteiger partial charge in [0, 0.05) is 25.2 Å². The third kappa shape index (κ3) is 4.93. The standard InChI is InChI=1S/C17H33N3/c1-6-10-14(11-7-2)17(18-9-4)13-16-12-15(8-3)19-20(16)5/h12,14,17-18H,6-11,13H2,1-5H3. The Bertz CT molecular complexity index is 364. The zero-order valence-corrected chi connectivity index (χ0v) is 14.1. The van der Waals surface area contributed by atoms with Crippen molar-refractivity contribution >= 4 is 0 Å². The molecule has 0 aliphatic carbocycles. The van der Waals surface area contributed by atoms with Crippen molar-refractivity contribution in [1.82, 2.24) is 15.1 Å². The van der Waals surface area contributed by atoms with Crippen molar-refractivity contribution in [1.29, 1.82) is 0 Å². The van der Waals surface area contributed by atoms with Gasteiger partial charge in [-0.3, -0.25) is 4.68 Å². The third-order valence-corrected chi connectivity index (χ3v) is 4.17. The van der Waals surface area contributed by atoms with Gasteiger partial charge in [0.2, 0.25) is 0 Å². The van der Waals surface area contributed by atoms with Crippen molar-refractivity contribution < 1.29 is 0 Å². The van der Waals surface area contributed by atoms with Crippen LogP contribution in [0.5, 0.6) is 0 Å². The topological polar surface area (TPSA) is 29.9 Å². The zero-order chi connectivity index (χ0) is 15.0. The number of likely N-dealkylation sites (N-methyl/N-ethyl adjacent to an activating group) is 1. The lowest BCUT2D eigenvalue weighted by molar-refractivity contribution is 0.308. The molecular weight excluding hydrogens is 246 g/mol. The van der Waals surface area contributed by atoms with Crippen LogP contribution in [0.2, 0.25) is 0 Å². The minimum atomic E-state index is 0.583. The molecular formula is C17H33N3. The molecule has 1 aromatic rings. The van der Waals surface area contributed by atoms with E-state index in [1.165, 1.54) is 37.1 Å². The average Bonchev–Trinajstić information content (AvgIpc) is 2.79. The molecule has 3 nitrogen and oxygen atoms in total. The molecule has 1 unspecified atom stereocenters. The van der Waals surface area contributed by atoms with Gasteiger partial charge in [-0.2, -0.15) is 5.10 Å². The first kappa shape index (κ1) is 17.2. The first-order valence-corrected chi connectivity index (χ1v) is 8.41. The quantitative estimate of drug-likeness (QED) is 0.707. The van der Waals surface area contributed by atoms with Gasteiger partial charge in [-0.05, 0) is 37.8 Å².